The Balaban J connectivity index is 2.41. The van der Waals surface area contributed by atoms with Crippen molar-refractivity contribution in [1.29, 1.82) is 0 Å². The van der Waals surface area contributed by atoms with E-state index in [0.29, 0.717) is 0 Å². The molecule has 2 aromatic rings. The van der Waals surface area contributed by atoms with E-state index in [1.54, 1.807) is 0 Å². The SMILES string of the molecule is O=C(Nc1ccc(F)cc1)c1cc([N+](=O)[O-])c(F)c(F)c1F. The van der Waals surface area contributed by atoms with E-state index in [1.165, 1.54) is 0 Å². The van der Waals surface area contributed by atoms with Gasteiger partial charge in [0.15, 0.2) is 5.82 Å². The van der Waals surface area contributed by atoms with E-state index in [1.807, 2.05) is 0 Å². The molecule has 0 saturated heterocycles. The highest BCUT2D eigenvalue weighted by molar-refractivity contribution is 6.04. The van der Waals surface area contributed by atoms with Gasteiger partial charge in [0.2, 0.25) is 11.6 Å². The van der Waals surface area contributed by atoms with Crippen LogP contribution in [0.25, 0.3) is 0 Å². The predicted molar refractivity (Wildman–Crippen MR) is 67.3 cm³/mol. The molecule has 2 rings (SSSR count). The van der Waals surface area contributed by atoms with Gasteiger partial charge in [0.25, 0.3) is 5.91 Å². The molecule has 0 aliphatic heterocycles. The first-order valence-electron chi connectivity index (χ1n) is 5.70. The number of nitro groups is 1. The number of benzene rings is 2. The molecule has 0 saturated carbocycles. The average molecular weight is 314 g/mol. The standard InChI is InChI=1S/C13H6F4N2O3/c14-6-1-3-7(4-2-6)18-13(20)8-5-9(19(21)22)11(16)12(17)10(8)15/h1-5H,(H,18,20). The number of halogens is 4. The van der Waals surface area contributed by atoms with Crippen LogP contribution in [-0.4, -0.2) is 10.8 Å². The maximum atomic E-state index is 13.6. The molecule has 2 aromatic carbocycles. The van der Waals surface area contributed by atoms with Crippen LogP contribution in [0.5, 0.6) is 0 Å². The molecule has 0 aromatic heterocycles. The molecule has 5 nitrogen and oxygen atoms in total. The van der Waals surface area contributed by atoms with Crippen LogP contribution in [-0.2, 0) is 0 Å². The molecule has 114 valence electrons. The van der Waals surface area contributed by atoms with Crippen LogP contribution in [0.2, 0.25) is 0 Å². The van der Waals surface area contributed by atoms with E-state index in [2.05, 4.69) is 5.32 Å². The van der Waals surface area contributed by atoms with E-state index < -0.39 is 45.4 Å². The number of amides is 1. The Bertz CT molecular complexity index is 763. The Kier molecular flexibility index (Phi) is 4.06. The molecule has 0 spiro atoms. The van der Waals surface area contributed by atoms with Gasteiger partial charge in [-0.1, -0.05) is 0 Å². The molecule has 0 heterocycles. The van der Waals surface area contributed by atoms with Gasteiger partial charge in [0, 0.05) is 11.8 Å². The molecule has 0 bridgehead atoms. The molecular formula is C13H6F4N2O3. The largest absolute Gasteiger partial charge is 0.322 e. The Labute approximate surface area is 120 Å². The van der Waals surface area contributed by atoms with Gasteiger partial charge in [0.05, 0.1) is 10.5 Å². The van der Waals surface area contributed by atoms with Crippen LogP contribution in [0.15, 0.2) is 30.3 Å². The molecule has 22 heavy (non-hydrogen) atoms. The highest BCUT2D eigenvalue weighted by atomic mass is 19.2. The molecular weight excluding hydrogens is 308 g/mol. The summed E-state index contributed by atoms with van der Waals surface area (Å²) in [7, 11) is 0. The topological polar surface area (TPSA) is 72.2 Å². The summed E-state index contributed by atoms with van der Waals surface area (Å²) in [6.45, 7) is 0. The smallest absolute Gasteiger partial charge is 0.308 e. The van der Waals surface area contributed by atoms with Gasteiger partial charge in [-0.25, -0.2) is 13.2 Å². The Morgan fingerprint density at radius 2 is 1.59 bits per heavy atom. The summed E-state index contributed by atoms with van der Waals surface area (Å²) >= 11 is 0. The van der Waals surface area contributed by atoms with Gasteiger partial charge < -0.3 is 5.32 Å². The van der Waals surface area contributed by atoms with Crippen molar-refractivity contribution in [3.05, 3.63) is 69.3 Å². The van der Waals surface area contributed by atoms with E-state index in [9.17, 15) is 32.5 Å². The maximum absolute atomic E-state index is 13.6. The van der Waals surface area contributed by atoms with Gasteiger partial charge in [-0.15, -0.1) is 0 Å². The number of hydrogen-bond acceptors (Lipinski definition) is 3. The monoisotopic (exact) mass is 314 g/mol. The number of nitrogens with one attached hydrogen (secondary N) is 1. The number of carbonyl (C=O) groups is 1. The van der Waals surface area contributed by atoms with Gasteiger partial charge >= 0.3 is 5.69 Å². The summed E-state index contributed by atoms with van der Waals surface area (Å²) in [5.41, 5.74) is -2.38. The maximum Gasteiger partial charge on any atom is 0.308 e. The van der Waals surface area contributed by atoms with Crippen molar-refractivity contribution in [3.8, 4) is 0 Å². The lowest BCUT2D eigenvalue weighted by Gasteiger charge is -2.07. The summed E-state index contributed by atoms with van der Waals surface area (Å²) in [6.07, 6.45) is 0. The fourth-order valence-corrected chi connectivity index (χ4v) is 1.62. The molecule has 0 fully saturated rings. The van der Waals surface area contributed by atoms with Crippen LogP contribution in [0.4, 0.5) is 28.9 Å². The quantitative estimate of drug-likeness (QED) is 0.408. The third-order valence-corrected chi connectivity index (χ3v) is 2.67. The first-order chi connectivity index (χ1) is 10.3. The number of rotatable bonds is 3. The van der Waals surface area contributed by atoms with Crippen molar-refractivity contribution < 1.29 is 27.3 Å². The zero-order valence-electron chi connectivity index (χ0n) is 10.6. The van der Waals surface area contributed by atoms with Gasteiger partial charge in [-0.3, -0.25) is 14.9 Å². The van der Waals surface area contributed by atoms with Crippen molar-refractivity contribution in [2.45, 2.75) is 0 Å². The number of carbonyl (C=O) groups excluding carboxylic acids is 1. The van der Waals surface area contributed by atoms with Gasteiger partial charge in [-0.2, -0.15) is 4.39 Å². The van der Waals surface area contributed by atoms with E-state index in [0.717, 1.165) is 24.3 Å². The van der Waals surface area contributed by atoms with Crippen molar-refractivity contribution in [2.24, 2.45) is 0 Å². The minimum atomic E-state index is -2.13. The molecule has 0 aliphatic rings. The Morgan fingerprint density at radius 3 is 2.14 bits per heavy atom. The van der Waals surface area contributed by atoms with E-state index >= 15 is 0 Å². The Morgan fingerprint density at radius 1 is 1.00 bits per heavy atom. The predicted octanol–water partition coefficient (Wildman–Crippen LogP) is 3.40. The second-order valence-corrected chi connectivity index (χ2v) is 4.10. The minimum absolute atomic E-state index is 0.0400. The minimum Gasteiger partial charge on any atom is -0.322 e. The molecule has 9 heteroatoms. The summed E-state index contributed by atoms with van der Waals surface area (Å²) in [4.78, 5) is 21.1. The van der Waals surface area contributed by atoms with Crippen LogP contribution >= 0.6 is 0 Å². The zero-order valence-corrected chi connectivity index (χ0v) is 10.6. The fraction of sp³-hybridized carbons (Fsp3) is 0. The Hall–Kier alpha value is -2.97. The van der Waals surface area contributed by atoms with Crippen molar-refractivity contribution in [3.63, 3.8) is 0 Å². The third kappa shape index (κ3) is 2.87. The van der Waals surface area contributed by atoms with Crippen molar-refractivity contribution in [1.82, 2.24) is 0 Å². The molecule has 0 unspecified atom stereocenters. The van der Waals surface area contributed by atoms with Crippen molar-refractivity contribution in [2.75, 3.05) is 5.32 Å². The van der Waals surface area contributed by atoms with Crippen molar-refractivity contribution >= 4 is 17.3 Å². The lowest BCUT2D eigenvalue weighted by Crippen LogP contribution is -2.16. The summed E-state index contributed by atoms with van der Waals surface area (Å²) < 4.78 is 52.8. The first kappa shape index (κ1) is 15.4. The summed E-state index contributed by atoms with van der Waals surface area (Å²) in [5, 5.41) is 12.6. The van der Waals surface area contributed by atoms with Crippen LogP contribution in [0.3, 0.4) is 0 Å². The zero-order chi connectivity index (χ0) is 16.4. The molecule has 0 aliphatic carbocycles. The third-order valence-electron chi connectivity index (χ3n) is 2.67. The van der Waals surface area contributed by atoms with E-state index in [-0.39, 0.29) is 11.8 Å². The number of nitrogens with zero attached hydrogens (tertiary/aromatic N) is 1. The number of anilines is 1. The van der Waals surface area contributed by atoms with E-state index in [4.69, 9.17) is 0 Å². The van der Waals surface area contributed by atoms with Crippen LogP contribution in [0.1, 0.15) is 10.4 Å². The van der Waals surface area contributed by atoms with Crippen LogP contribution < -0.4 is 5.32 Å². The number of nitro benzene ring substituents is 1. The van der Waals surface area contributed by atoms with Crippen LogP contribution in [0, 0.1) is 33.4 Å². The fourth-order valence-electron chi connectivity index (χ4n) is 1.62. The van der Waals surface area contributed by atoms with Gasteiger partial charge in [-0.05, 0) is 24.3 Å². The average Bonchev–Trinajstić information content (AvgIpc) is 2.47. The normalized spacial score (nSPS) is 10.4. The molecule has 1 amide bonds. The highest BCUT2D eigenvalue weighted by Crippen LogP contribution is 2.26. The molecule has 0 atom stereocenters. The highest BCUT2D eigenvalue weighted by Gasteiger charge is 2.28. The molecule has 0 radical (unpaired) electrons. The lowest BCUT2D eigenvalue weighted by molar-refractivity contribution is -0.387. The summed E-state index contributed by atoms with van der Waals surface area (Å²) in [5.74, 6) is -7.82. The second kappa shape index (κ2) is 5.80. The lowest BCUT2D eigenvalue weighted by atomic mass is 10.1. The number of hydrogen-bond donors (Lipinski definition) is 1. The first-order valence-corrected chi connectivity index (χ1v) is 5.70. The molecule has 1 N–H and O–H groups in total. The van der Waals surface area contributed by atoms with Gasteiger partial charge in [0.1, 0.15) is 5.82 Å². The summed E-state index contributed by atoms with van der Waals surface area (Å²) in [6, 6.07) is 4.56. The second-order valence-electron chi connectivity index (χ2n) is 4.10.